The van der Waals surface area contributed by atoms with Gasteiger partial charge in [-0.1, -0.05) is 18.6 Å². The van der Waals surface area contributed by atoms with Gasteiger partial charge < -0.3 is 10.6 Å². The summed E-state index contributed by atoms with van der Waals surface area (Å²) in [4.78, 5) is 2.37. The zero-order valence-electron chi connectivity index (χ0n) is 11.0. The number of nitrogens with two attached hydrogens (primary N) is 1. The molecule has 2 heteroatoms. The van der Waals surface area contributed by atoms with Crippen LogP contribution in [0.1, 0.15) is 31.7 Å². The van der Waals surface area contributed by atoms with Crippen molar-refractivity contribution < 1.29 is 0 Å². The van der Waals surface area contributed by atoms with E-state index in [1.165, 1.54) is 37.1 Å². The van der Waals surface area contributed by atoms with Crippen molar-refractivity contribution in [2.24, 2.45) is 11.7 Å². The maximum absolute atomic E-state index is 5.80. The van der Waals surface area contributed by atoms with Crippen LogP contribution in [0.5, 0.6) is 0 Å². The van der Waals surface area contributed by atoms with Gasteiger partial charge in [-0.25, -0.2) is 0 Å². The zero-order valence-corrected chi connectivity index (χ0v) is 11.0. The van der Waals surface area contributed by atoms with E-state index in [4.69, 9.17) is 5.73 Å². The van der Waals surface area contributed by atoms with E-state index in [9.17, 15) is 0 Å². The largest absolute Gasteiger partial charge is 0.374 e. The lowest BCUT2D eigenvalue weighted by Gasteiger charge is -2.31. The van der Waals surface area contributed by atoms with Gasteiger partial charge in [0.25, 0.3) is 0 Å². The monoisotopic (exact) mass is 232 g/mol. The molecule has 0 saturated heterocycles. The summed E-state index contributed by atoms with van der Waals surface area (Å²) >= 11 is 0. The lowest BCUT2D eigenvalue weighted by molar-refractivity contribution is 0.321. The molecule has 2 rings (SSSR count). The molecule has 1 saturated carbocycles. The van der Waals surface area contributed by atoms with Crippen LogP contribution in [0.2, 0.25) is 0 Å². The van der Waals surface area contributed by atoms with Crippen LogP contribution in [0.15, 0.2) is 24.3 Å². The van der Waals surface area contributed by atoms with Crippen LogP contribution in [-0.2, 0) is 6.42 Å². The third-order valence-electron chi connectivity index (χ3n) is 3.69. The standard InChI is InChI=1S/C15H24N2/c1-12(16)10-13-6-8-15(9-7-13)17(2)11-14-4-3-5-14/h6-9,12,14H,3-5,10-11,16H2,1-2H3. The van der Waals surface area contributed by atoms with Crippen LogP contribution in [0.4, 0.5) is 5.69 Å². The molecule has 0 radical (unpaired) electrons. The van der Waals surface area contributed by atoms with E-state index < -0.39 is 0 Å². The highest BCUT2D eigenvalue weighted by Crippen LogP contribution is 2.28. The topological polar surface area (TPSA) is 29.3 Å². The fourth-order valence-corrected chi connectivity index (χ4v) is 2.43. The predicted molar refractivity (Wildman–Crippen MR) is 74.4 cm³/mol. The second kappa shape index (κ2) is 5.54. The van der Waals surface area contributed by atoms with E-state index in [2.05, 4.69) is 43.1 Å². The Morgan fingerprint density at radius 3 is 2.41 bits per heavy atom. The number of hydrogen-bond acceptors (Lipinski definition) is 2. The first kappa shape index (κ1) is 12.4. The molecule has 0 spiro atoms. The summed E-state index contributed by atoms with van der Waals surface area (Å²) in [5, 5.41) is 0. The highest BCUT2D eigenvalue weighted by Gasteiger charge is 2.19. The molecule has 1 atom stereocenters. The molecule has 0 bridgehead atoms. The number of nitrogens with zero attached hydrogens (tertiary/aromatic N) is 1. The first-order chi connectivity index (χ1) is 8.15. The maximum atomic E-state index is 5.80. The summed E-state index contributed by atoms with van der Waals surface area (Å²) in [7, 11) is 2.19. The van der Waals surface area contributed by atoms with Gasteiger partial charge in [-0.2, -0.15) is 0 Å². The van der Waals surface area contributed by atoms with Gasteiger partial charge in [0.1, 0.15) is 0 Å². The van der Waals surface area contributed by atoms with Gasteiger partial charge in [-0.3, -0.25) is 0 Å². The van der Waals surface area contributed by atoms with Crippen LogP contribution in [-0.4, -0.2) is 19.6 Å². The van der Waals surface area contributed by atoms with Crippen LogP contribution in [0.3, 0.4) is 0 Å². The van der Waals surface area contributed by atoms with E-state index in [1.54, 1.807) is 0 Å². The average molecular weight is 232 g/mol. The third-order valence-corrected chi connectivity index (χ3v) is 3.69. The molecule has 94 valence electrons. The first-order valence-corrected chi connectivity index (χ1v) is 6.71. The van der Waals surface area contributed by atoms with E-state index >= 15 is 0 Å². The van der Waals surface area contributed by atoms with Crippen LogP contribution in [0.25, 0.3) is 0 Å². The lowest BCUT2D eigenvalue weighted by Crippen LogP contribution is -2.29. The second-order valence-electron chi connectivity index (χ2n) is 5.53. The summed E-state index contributed by atoms with van der Waals surface area (Å²) < 4.78 is 0. The van der Waals surface area contributed by atoms with Gasteiger partial charge in [0.15, 0.2) is 0 Å². The Kier molecular flexibility index (Phi) is 4.06. The Labute approximate surface area is 105 Å². The highest BCUT2D eigenvalue weighted by atomic mass is 15.1. The molecule has 0 aromatic heterocycles. The molecule has 1 fully saturated rings. The predicted octanol–water partition coefficient (Wildman–Crippen LogP) is 2.81. The molecule has 0 amide bonds. The fraction of sp³-hybridized carbons (Fsp3) is 0.600. The average Bonchev–Trinajstić information content (AvgIpc) is 2.23. The van der Waals surface area contributed by atoms with Gasteiger partial charge in [0.2, 0.25) is 0 Å². The number of hydrogen-bond donors (Lipinski definition) is 1. The molecule has 2 nitrogen and oxygen atoms in total. The van der Waals surface area contributed by atoms with E-state index in [-0.39, 0.29) is 6.04 Å². The summed E-state index contributed by atoms with van der Waals surface area (Å²) in [6, 6.07) is 9.09. The van der Waals surface area contributed by atoms with Crippen molar-refractivity contribution in [1.29, 1.82) is 0 Å². The van der Waals surface area contributed by atoms with Crippen LogP contribution < -0.4 is 10.6 Å². The van der Waals surface area contributed by atoms with Gasteiger partial charge in [-0.15, -0.1) is 0 Å². The Morgan fingerprint density at radius 1 is 1.29 bits per heavy atom. The normalized spacial score (nSPS) is 17.6. The molecular formula is C15H24N2. The summed E-state index contributed by atoms with van der Waals surface area (Å²) in [5.74, 6) is 0.920. The minimum Gasteiger partial charge on any atom is -0.374 e. The quantitative estimate of drug-likeness (QED) is 0.846. The van der Waals surface area contributed by atoms with Crippen molar-refractivity contribution in [2.45, 2.75) is 38.6 Å². The van der Waals surface area contributed by atoms with Crippen LogP contribution in [0, 0.1) is 5.92 Å². The summed E-state index contributed by atoms with van der Waals surface area (Å²) in [6.45, 7) is 3.25. The van der Waals surface area contributed by atoms with E-state index in [0.717, 1.165) is 12.3 Å². The Balaban J connectivity index is 1.91. The number of anilines is 1. The molecule has 0 aliphatic heterocycles. The second-order valence-corrected chi connectivity index (χ2v) is 5.53. The Morgan fingerprint density at radius 2 is 1.94 bits per heavy atom. The van der Waals surface area contributed by atoms with Gasteiger partial charge in [-0.05, 0) is 49.8 Å². The van der Waals surface area contributed by atoms with Crippen molar-refractivity contribution in [3.05, 3.63) is 29.8 Å². The molecule has 1 aromatic rings. The third kappa shape index (κ3) is 3.47. The SMILES string of the molecule is CC(N)Cc1ccc(N(C)CC2CCC2)cc1. The van der Waals surface area contributed by atoms with Crippen molar-refractivity contribution in [3.8, 4) is 0 Å². The van der Waals surface area contributed by atoms with Gasteiger partial charge in [0.05, 0.1) is 0 Å². The molecule has 1 unspecified atom stereocenters. The molecular weight excluding hydrogens is 208 g/mol. The zero-order chi connectivity index (χ0) is 12.3. The molecule has 2 N–H and O–H groups in total. The fourth-order valence-electron chi connectivity index (χ4n) is 2.43. The van der Waals surface area contributed by atoms with Crippen molar-refractivity contribution in [2.75, 3.05) is 18.5 Å². The molecule has 1 aliphatic rings. The highest BCUT2D eigenvalue weighted by molar-refractivity contribution is 5.47. The van der Waals surface area contributed by atoms with Gasteiger partial charge in [0, 0.05) is 25.3 Å². The van der Waals surface area contributed by atoms with Gasteiger partial charge >= 0.3 is 0 Å². The molecule has 1 aromatic carbocycles. The Bertz CT molecular complexity index is 338. The Hall–Kier alpha value is -1.02. The van der Waals surface area contributed by atoms with Crippen molar-refractivity contribution >= 4 is 5.69 Å². The van der Waals surface area contributed by atoms with Crippen molar-refractivity contribution in [1.82, 2.24) is 0 Å². The number of rotatable bonds is 5. The van der Waals surface area contributed by atoms with E-state index in [0.29, 0.717) is 0 Å². The molecule has 0 heterocycles. The van der Waals surface area contributed by atoms with Crippen LogP contribution >= 0.6 is 0 Å². The van der Waals surface area contributed by atoms with E-state index in [1.807, 2.05) is 0 Å². The molecule has 17 heavy (non-hydrogen) atoms. The summed E-state index contributed by atoms with van der Waals surface area (Å²) in [6.07, 6.45) is 5.21. The lowest BCUT2D eigenvalue weighted by atomic mass is 9.85. The summed E-state index contributed by atoms with van der Waals surface area (Å²) in [5.41, 5.74) is 8.46. The van der Waals surface area contributed by atoms with Crippen molar-refractivity contribution in [3.63, 3.8) is 0 Å². The minimum atomic E-state index is 0.244. The maximum Gasteiger partial charge on any atom is 0.0363 e. The minimum absolute atomic E-state index is 0.244. The first-order valence-electron chi connectivity index (χ1n) is 6.71. The number of benzene rings is 1. The molecule has 1 aliphatic carbocycles. The smallest absolute Gasteiger partial charge is 0.0363 e.